The van der Waals surface area contributed by atoms with Crippen LogP contribution in [0, 0.1) is 5.92 Å². The maximum absolute atomic E-state index is 11.3. The van der Waals surface area contributed by atoms with Crippen LogP contribution in [0.5, 0.6) is 0 Å². The van der Waals surface area contributed by atoms with Gasteiger partial charge in [0.1, 0.15) is 0 Å². The van der Waals surface area contributed by atoms with E-state index in [0.29, 0.717) is 12.5 Å². The lowest BCUT2D eigenvalue weighted by Gasteiger charge is -2.06. The van der Waals surface area contributed by atoms with Crippen molar-refractivity contribution in [2.75, 3.05) is 6.61 Å². The number of nitrogens with zero attached hydrogens (tertiary/aromatic N) is 1. The van der Waals surface area contributed by atoms with Gasteiger partial charge >= 0.3 is 0 Å². The molecule has 6 heteroatoms. The highest BCUT2D eigenvalue weighted by molar-refractivity contribution is 5.91. The number of H-pyrrole nitrogens is 1. The third-order valence-corrected chi connectivity index (χ3v) is 1.49. The predicted octanol–water partition coefficient (Wildman–Crippen LogP) is 0.0873. The Hall–Kier alpha value is -1.69. The predicted molar refractivity (Wildman–Crippen MR) is 53.1 cm³/mol. The van der Waals surface area contributed by atoms with Crippen LogP contribution in [0.2, 0.25) is 0 Å². The van der Waals surface area contributed by atoms with Crippen molar-refractivity contribution in [3.8, 4) is 0 Å². The lowest BCUT2D eigenvalue weighted by molar-refractivity contribution is 0.0204. The molecular weight excluding hydrogens is 198 g/mol. The quantitative estimate of drug-likeness (QED) is 0.691. The van der Waals surface area contributed by atoms with Gasteiger partial charge in [-0.25, -0.2) is 10.6 Å². The zero-order chi connectivity index (χ0) is 11.3. The molecule has 0 radical (unpaired) electrons. The van der Waals surface area contributed by atoms with Gasteiger partial charge < -0.3 is 0 Å². The molecule has 1 aromatic rings. The maximum Gasteiger partial charge on any atom is 0.295 e. The number of hydrogen-bond acceptors (Lipinski definition) is 4. The minimum absolute atomic E-state index is 0.110. The average molecular weight is 211 g/mol. The highest BCUT2D eigenvalue weighted by Crippen LogP contribution is 1.92. The second kappa shape index (κ2) is 5.26. The molecule has 0 spiro atoms. The fourth-order valence-corrected chi connectivity index (χ4v) is 0.797. The number of rotatable bonds is 4. The van der Waals surface area contributed by atoms with E-state index >= 15 is 0 Å². The Balaban J connectivity index is 2.47. The molecule has 0 saturated carbocycles. The van der Waals surface area contributed by atoms with Gasteiger partial charge in [0.25, 0.3) is 11.5 Å². The van der Waals surface area contributed by atoms with E-state index in [-0.39, 0.29) is 11.3 Å². The summed E-state index contributed by atoms with van der Waals surface area (Å²) in [6.45, 7) is 4.35. The number of amides is 1. The summed E-state index contributed by atoms with van der Waals surface area (Å²) in [5.41, 5.74) is 1.98. The van der Waals surface area contributed by atoms with Crippen LogP contribution >= 0.6 is 0 Å². The third kappa shape index (κ3) is 3.90. The summed E-state index contributed by atoms with van der Waals surface area (Å²) in [5.74, 6) is -0.152. The van der Waals surface area contributed by atoms with Gasteiger partial charge in [-0.05, 0) is 12.0 Å². The molecule has 1 heterocycles. The molecule has 0 bridgehead atoms. The molecule has 1 amide bonds. The first-order chi connectivity index (χ1) is 7.09. The zero-order valence-corrected chi connectivity index (χ0v) is 8.61. The van der Waals surface area contributed by atoms with E-state index in [4.69, 9.17) is 4.84 Å². The summed E-state index contributed by atoms with van der Waals surface area (Å²) in [4.78, 5) is 26.9. The van der Waals surface area contributed by atoms with Crippen LogP contribution in [0.15, 0.2) is 16.9 Å². The van der Waals surface area contributed by atoms with Crippen LogP contribution in [-0.4, -0.2) is 22.7 Å². The molecule has 1 rings (SSSR count). The van der Waals surface area contributed by atoms with Crippen LogP contribution in [-0.2, 0) is 4.84 Å². The van der Waals surface area contributed by atoms with Gasteiger partial charge in [0.2, 0.25) is 0 Å². The molecule has 0 aliphatic heterocycles. The topological polar surface area (TPSA) is 84.1 Å². The van der Waals surface area contributed by atoms with E-state index in [9.17, 15) is 9.59 Å². The van der Waals surface area contributed by atoms with Crippen LogP contribution in [0.1, 0.15) is 24.3 Å². The number of aromatic nitrogens is 2. The smallest absolute Gasteiger partial charge is 0.273 e. The minimum atomic E-state index is -0.480. The van der Waals surface area contributed by atoms with Gasteiger partial charge in [-0.2, -0.15) is 5.10 Å². The first kappa shape index (κ1) is 11.4. The van der Waals surface area contributed by atoms with Crippen molar-refractivity contribution < 1.29 is 9.63 Å². The standard InChI is InChI=1S/C9H13N3O3/c1-6(2)5-15-12-9(14)7-3-4-8(13)11-10-7/h3-4,6H,5H2,1-2H3,(H,11,13)(H,12,14). The molecule has 0 unspecified atom stereocenters. The van der Waals surface area contributed by atoms with E-state index in [0.717, 1.165) is 0 Å². The fourth-order valence-electron chi connectivity index (χ4n) is 0.797. The van der Waals surface area contributed by atoms with Gasteiger partial charge in [-0.3, -0.25) is 14.4 Å². The summed E-state index contributed by atoms with van der Waals surface area (Å²) >= 11 is 0. The van der Waals surface area contributed by atoms with Crippen molar-refractivity contribution in [1.29, 1.82) is 0 Å². The van der Waals surface area contributed by atoms with Gasteiger partial charge in [0.05, 0.1) is 6.61 Å². The largest absolute Gasteiger partial charge is 0.295 e. The van der Waals surface area contributed by atoms with Crippen LogP contribution in [0.25, 0.3) is 0 Å². The Bertz CT molecular complexity index is 366. The molecule has 2 N–H and O–H groups in total. The summed E-state index contributed by atoms with van der Waals surface area (Å²) in [6, 6.07) is 2.55. The van der Waals surface area contributed by atoms with Crippen molar-refractivity contribution >= 4 is 5.91 Å². The number of aromatic amines is 1. The van der Waals surface area contributed by atoms with Gasteiger partial charge in [-0.1, -0.05) is 13.8 Å². The van der Waals surface area contributed by atoms with Gasteiger partial charge in [-0.15, -0.1) is 0 Å². The summed E-state index contributed by atoms with van der Waals surface area (Å²) < 4.78 is 0. The Morgan fingerprint density at radius 1 is 1.60 bits per heavy atom. The van der Waals surface area contributed by atoms with Crippen molar-refractivity contribution in [2.24, 2.45) is 5.92 Å². The maximum atomic E-state index is 11.3. The summed E-state index contributed by atoms with van der Waals surface area (Å²) in [5, 5.41) is 5.70. The molecule has 0 saturated heterocycles. The number of nitrogens with one attached hydrogen (secondary N) is 2. The second-order valence-electron chi connectivity index (χ2n) is 3.44. The summed E-state index contributed by atoms with van der Waals surface area (Å²) in [6.07, 6.45) is 0. The van der Waals surface area contributed by atoms with Crippen molar-refractivity contribution in [2.45, 2.75) is 13.8 Å². The molecule has 6 nitrogen and oxygen atoms in total. The molecule has 1 aromatic heterocycles. The van der Waals surface area contributed by atoms with E-state index in [1.54, 1.807) is 0 Å². The lowest BCUT2D eigenvalue weighted by atomic mass is 10.2. The molecule has 0 aromatic carbocycles. The molecule has 15 heavy (non-hydrogen) atoms. The number of carbonyl (C=O) groups is 1. The fraction of sp³-hybridized carbons (Fsp3) is 0.444. The second-order valence-corrected chi connectivity index (χ2v) is 3.44. The number of hydroxylamine groups is 1. The normalized spacial score (nSPS) is 10.3. The molecular formula is C9H13N3O3. The highest BCUT2D eigenvalue weighted by atomic mass is 16.6. The first-order valence-electron chi connectivity index (χ1n) is 4.57. The number of hydrogen-bond donors (Lipinski definition) is 2. The monoisotopic (exact) mass is 211 g/mol. The Morgan fingerprint density at radius 3 is 2.87 bits per heavy atom. The van der Waals surface area contributed by atoms with Crippen molar-refractivity contribution in [3.05, 3.63) is 28.2 Å². The zero-order valence-electron chi connectivity index (χ0n) is 8.61. The SMILES string of the molecule is CC(C)CONC(=O)c1ccc(=O)[nH]n1. The molecule has 82 valence electrons. The molecule has 0 aliphatic carbocycles. The van der Waals surface area contributed by atoms with E-state index in [1.807, 2.05) is 13.8 Å². The Labute approximate surface area is 86.6 Å². The summed E-state index contributed by atoms with van der Waals surface area (Å²) in [7, 11) is 0. The van der Waals surface area contributed by atoms with E-state index in [2.05, 4.69) is 15.7 Å². The third-order valence-electron chi connectivity index (χ3n) is 1.49. The van der Waals surface area contributed by atoms with Gasteiger partial charge in [0, 0.05) is 6.07 Å². The lowest BCUT2D eigenvalue weighted by Crippen LogP contribution is -2.27. The van der Waals surface area contributed by atoms with Crippen molar-refractivity contribution in [3.63, 3.8) is 0 Å². The van der Waals surface area contributed by atoms with E-state index in [1.165, 1.54) is 12.1 Å². The van der Waals surface area contributed by atoms with Crippen LogP contribution in [0.4, 0.5) is 0 Å². The highest BCUT2D eigenvalue weighted by Gasteiger charge is 2.06. The van der Waals surface area contributed by atoms with Gasteiger partial charge in [0.15, 0.2) is 5.69 Å². The van der Waals surface area contributed by atoms with Crippen LogP contribution < -0.4 is 11.0 Å². The van der Waals surface area contributed by atoms with Crippen LogP contribution in [0.3, 0.4) is 0 Å². The first-order valence-corrected chi connectivity index (χ1v) is 4.57. The Morgan fingerprint density at radius 2 is 2.33 bits per heavy atom. The van der Waals surface area contributed by atoms with E-state index < -0.39 is 5.91 Å². The molecule has 0 atom stereocenters. The average Bonchev–Trinajstić information content (AvgIpc) is 2.18. The minimum Gasteiger partial charge on any atom is -0.273 e. The van der Waals surface area contributed by atoms with Crippen molar-refractivity contribution in [1.82, 2.24) is 15.7 Å². The molecule has 0 fully saturated rings. The Kier molecular flexibility index (Phi) is 3.99. The molecule has 0 aliphatic rings. The number of carbonyl (C=O) groups excluding carboxylic acids is 1.